The maximum absolute atomic E-state index is 12.7. The van der Waals surface area contributed by atoms with Crippen molar-refractivity contribution >= 4 is 11.6 Å². The third kappa shape index (κ3) is 2.25. The predicted molar refractivity (Wildman–Crippen MR) is 83.5 cm³/mol. The average Bonchev–Trinajstić information content (AvgIpc) is 2.80. The summed E-state index contributed by atoms with van der Waals surface area (Å²) in [5.74, 6) is -0.378. The van der Waals surface area contributed by atoms with Crippen molar-refractivity contribution in [1.29, 1.82) is 0 Å². The first-order valence-corrected chi connectivity index (χ1v) is 7.96. The van der Waals surface area contributed by atoms with Crippen LogP contribution < -0.4 is 0 Å². The number of ketones is 2. The fraction of sp³-hybridized carbons (Fsp3) is 0.474. The second-order valence-electron chi connectivity index (χ2n) is 7.51. The van der Waals surface area contributed by atoms with Crippen molar-refractivity contribution in [1.82, 2.24) is 0 Å². The smallest absolute Gasteiger partial charge is 0.294 e. The highest BCUT2D eigenvalue weighted by atomic mass is 19.4. The van der Waals surface area contributed by atoms with Gasteiger partial charge in [-0.15, -0.1) is 0 Å². The van der Waals surface area contributed by atoms with Crippen molar-refractivity contribution in [2.45, 2.75) is 39.8 Å². The molecule has 0 aliphatic heterocycles. The highest BCUT2D eigenvalue weighted by molar-refractivity contribution is 6.13. The van der Waals surface area contributed by atoms with Crippen LogP contribution in [0.1, 0.15) is 49.5 Å². The van der Waals surface area contributed by atoms with Gasteiger partial charge in [-0.1, -0.05) is 32.9 Å². The van der Waals surface area contributed by atoms with Crippen molar-refractivity contribution in [3.8, 4) is 0 Å². The summed E-state index contributed by atoms with van der Waals surface area (Å²) >= 11 is 0. The van der Waals surface area contributed by atoms with Crippen LogP contribution in [0.25, 0.3) is 0 Å². The first-order valence-electron chi connectivity index (χ1n) is 7.96. The van der Waals surface area contributed by atoms with E-state index in [-0.39, 0.29) is 22.7 Å². The van der Waals surface area contributed by atoms with Crippen LogP contribution in [0.2, 0.25) is 0 Å². The Labute approximate surface area is 138 Å². The molecule has 2 aliphatic rings. The molecule has 2 bridgehead atoms. The molecule has 128 valence electrons. The van der Waals surface area contributed by atoms with E-state index >= 15 is 0 Å². The lowest BCUT2D eigenvalue weighted by Gasteiger charge is -2.31. The molecule has 0 unspecified atom stereocenters. The normalized spacial score (nSPS) is 30.2. The molecular weight excluding hydrogens is 317 g/mol. The van der Waals surface area contributed by atoms with E-state index < -0.39 is 22.9 Å². The lowest BCUT2D eigenvalue weighted by molar-refractivity contribution is -0.137. The maximum Gasteiger partial charge on any atom is 0.416 e. The largest absolute Gasteiger partial charge is 0.416 e. The van der Waals surface area contributed by atoms with Gasteiger partial charge in [-0.25, -0.2) is 0 Å². The number of rotatable bonds is 2. The molecule has 0 heterocycles. The summed E-state index contributed by atoms with van der Waals surface area (Å²) in [5.41, 5.74) is -0.760. The molecule has 0 amide bonds. The number of hydrogen-bond acceptors (Lipinski definition) is 2. The molecule has 5 heteroatoms. The minimum Gasteiger partial charge on any atom is -0.294 e. The molecule has 0 spiro atoms. The Morgan fingerprint density at radius 2 is 1.75 bits per heavy atom. The number of hydrogen-bond donors (Lipinski definition) is 0. The zero-order valence-corrected chi connectivity index (χ0v) is 13.8. The third-order valence-corrected chi connectivity index (χ3v) is 6.15. The van der Waals surface area contributed by atoms with Crippen molar-refractivity contribution in [2.24, 2.45) is 16.7 Å². The van der Waals surface area contributed by atoms with Gasteiger partial charge in [0.2, 0.25) is 0 Å². The summed E-state index contributed by atoms with van der Waals surface area (Å²) in [6.45, 7) is 6.04. The molecule has 2 fully saturated rings. The lowest BCUT2D eigenvalue weighted by Crippen LogP contribution is -2.32. The predicted octanol–water partition coefficient (Wildman–Crippen LogP) is 4.84. The third-order valence-electron chi connectivity index (χ3n) is 6.15. The molecule has 2 nitrogen and oxygen atoms in total. The Morgan fingerprint density at radius 1 is 1.17 bits per heavy atom. The number of allylic oxidation sites excluding steroid dienone is 2. The van der Waals surface area contributed by atoms with Gasteiger partial charge in [-0.05, 0) is 42.4 Å². The molecule has 0 saturated heterocycles. The summed E-state index contributed by atoms with van der Waals surface area (Å²) in [5, 5.41) is 0. The SMILES string of the molecule is CC1(C)[C@@H]2CC[C@@]1(C)C(=O)/C2=C/C(=O)c1ccc(C(F)(F)F)cc1. The Kier molecular flexibility index (Phi) is 3.56. The highest BCUT2D eigenvalue weighted by Crippen LogP contribution is 2.65. The molecule has 0 radical (unpaired) electrons. The van der Waals surface area contributed by atoms with Gasteiger partial charge >= 0.3 is 6.18 Å². The zero-order valence-electron chi connectivity index (χ0n) is 13.8. The van der Waals surface area contributed by atoms with Crippen molar-refractivity contribution in [3.05, 3.63) is 47.0 Å². The zero-order chi connectivity index (χ0) is 17.9. The van der Waals surface area contributed by atoms with Crippen molar-refractivity contribution in [2.75, 3.05) is 0 Å². The first kappa shape index (κ1) is 16.9. The van der Waals surface area contributed by atoms with Crippen LogP contribution in [0.4, 0.5) is 13.2 Å². The van der Waals surface area contributed by atoms with Crippen LogP contribution in [0.5, 0.6) is 0 Å². The fourth-order valence-corrected chi connectivity index (χ4v) is 4.14. The summed E-state index contributed by atoms with van der Waals surface area (Å²) in [7, 11) is 0. The van der Waals surface area contributed by atoms with Crippen molar-refractivity contribution in [3.63, 3.8) is 0 Å². The summed E-state index contributed by atoms with van der Waals surface area (Å²) < 4.78 is 37.8. The van der Waals surface area contributed by atoms with Gasteiger partial charge in [-0.2, -0.15) is 13.2 Å². The van der Waals surface area contributed by atoms with Gasteiger partial charge < -0.3 is 0 Å². The molecule has 2 atom stereocenters. The van der Waals surface area contributed by atoms with E-state index in [1.165, 1.54) is 6.08 Å². The summed E-state index contributed by atoms with van der Waals surface area (Å²) in [6.07, 6.45) is -1.42. The van der Waals surface area contributed by atoms with Gasteiger partial charge in [-0.3, -0.25) is 9.59 Å². The molecular formula is C19H19F3O2. The van der Waals surface area contributed by atoms with Crippen LogP contribution in [0.3, 0.4) is 0 Å². The Bertz CT molecular complexity index is 741. The van der Waals surface area contributed by atoms with Gasteiger partial charge in [0.15, 0.2) is 11.6 Å². The molecule has 2 saturated carbocycles. The number of alkyl halides is 3. The summed E-state index contributed by atoms with van der Waals surface area (Å²) in [6, 6.07) is 4.10. The van der Waals surface area contributed by atoms with Gasteiger partial charge in [0.25, 0.3) is 0 Å². The van der Waals surface area contributed by atoms with E-state index in [9.17, 15) is 22.8 Å². The van der Waals surface area contributed by atoms with Gasteiger partial charge in [0.05, 0.1) is 5.56 Å². The van der Waals surface area contributed by atoms with E-state index in [4.69, 9.17) is 0 Å². The average molecular weight is 336 g/mol. The van der Waals surface area contributed by atoms with E-state index in [0.29, 0.717) is 5.57 Å². The van der Waals surface area contributed by atoms with E-state index in [1.54, 1.807) is 0 Å². The van der Waals surface area contributed by atoms with E-state index in [0.717, 1.165) is 37.1 Å². The second-order valence-corrected chi connectivity index (χ2v) is 7.51. The molecule has 3 rings (SSSR count). The molecule has 1 aromatic rings. The molecule has 24 heavy (non-hydrogen) atoms. The van der Waals surface area contributed by atoms with Crippen LogP contribution in [-0.4, -0.2) is 11.6 Å². The number of Topliss-reactive ketones (excluding diaryl/α,β-unsaturated/α-hetero) is 1. The van der Waals surface area contributed by atoms with Crippen LogP contribution in [0, 0.1) is 16.7 Å². The summed E-state index contributed by atoms with van der Waals surface area (Å²) in [4.78, 5) is 25.1. The van der Waals surface area contributed by atoms with Gasteiger partial charge in [0, 0.05) is 16.6 Å². The number of benzene rings is 1. The maximum atomic E-state index is 12.7. The monoisotopic (exact) mass is 336 g/mol. The standard InChI is InChI=1S/C19H19F3O2/c1-17(2)14-8-9-18(17,3)16(24)13(14)10-15(23)11-4-6-12(7-5-11)19(20,21)22/h4-7,10,14H,8-9H2,1-3H3/b13-10+/t14-,18+/m1/s1. The number of carbonyl (C=O) groups excluding carboxylic acids is 2. The van der Waals surface area contributed by atoms with Crippen molar-refractivity contribution < 1.29 is 22.8 Å². The highest BCUT2D eigenvalue weighted by Gasteiger charge is 2.63. The van der Waals surface area contributed by atoms with Gasteiger partial charge in [0.1, 0.15) is 0 Å². The number of fused-ring (bicyclic) bond motifs is 2. The van der Waals surface area contributed by atoms with Crippen LogP contribution in [-0.2, 0) is 11.0 Å². The second kappa shape index (κ2) is 5.04. The van der Waals surface area contributed by atoms with Crippen LogP contribution >= 0.6 is 0 Å². The minimum atomic E-state index is -4.43. The molecule has 0 N–H and O–H groups in total. The fourth-order valence-electron chi connectivity index (χ4n) is 4.14. The van der Waals surface area contributed by atoms with E-state index in [2.05, 4.69) is 0 Å². The Morgan fingerprint density at radius 3 is 2.21 bits per heavy atom. The topological polar surface area (TPSA) is 34.1 Å². The van der Waals surface area contributed by atoms with Crippen LogP contribution in [0.15, 0.2) is 35.9 Å². The lowest BCUT2D eigenvalue weighted by atomic mass is 9.70. The Hall–Kier alpha value is -1.91. The molecule has 1 aromatic carbocycles. The van der Waals surface area contributed by atoms with E-state index in [1.807, 2.05) is 20.8 Å². The number of carbonyl (C=O) groups is 2. The minimum absolute atomic E-state index is 0.00371. The first-order chi connectivity index (χ1) is 11.0. The quantitative estimate of drug-likeness (QED) is 0.572. The molecule has 0 aromatic heterocycles. The molecule has 2 aliphatic carbocycles. The Balaban J connectivity index is 1.90. The number of halogens is 3.